The van der Waals surface area contributed by atoms with E-state index in [-0.39, 0.29) is 12.3 Å². The first-order valence-electron chi connectivity index (χ1n) is 11.3. The third-order valence-electron chi connectivity index (χ3n) is 6.04. The van der Waals surface area contributed by atoms with E-state index in [1.54, 1.807) is 0 Å². The van der Waals surface area contributed by atoms with Gasteiger partial charge in [0.15, 0.2) is 0 Å². The molecule has 0 unspecified atom stereocenters. The van der Waals surface area contributed by atoms with Gasteiger partial charge in [0.1, 0.15) is 11.5 Å². The molecule has 2 aliphatic heterocycles. The zero-order chi connectivity index (χ0) is 21.9. The number of rotatable bonds is 7. The van der Waals surface area contributed by atoms with E-state index in [4.69, 9.17) is 14.6 Å². The van der Waals surface area contributed by atoms with Crippen molar-refractivity contribution in [2.45, 2.75) is 44.9 Å². The summed E-state index contributed by atoms with van der Waals surface area (Å²) in [4.78, 5) is 0. The van der Waals surface area contributed by atoms with Crippen LogP contribution in [0.2, 0.25) is 0 Å². The normalized spacial score (nSPS) is 19.1. The molecule has 0 spiro atoms. The summed E-state index contributed by atoms with van der Waals surface area (Å²) >= 11 is 3.62. The largest absolute Gasteiger partial charge is 0.494 e. The van der Waals surface area contributed by atoms with Crippen molar-refractivity contribution in [1.82, 2.24) is 5.01 Å². The molecule has 3 aromatic rings. The van der Waals surface area contributed by atoms with Crippen LogP contribution in [0.25, 0.3) is 0 Å². The van der Waals surface area contributed by atoms with Crippen LogP contribution in [0.1, 0.15) is 61.6 Å². The summed E-state index contributed by atoms with van der Waals surface area (Å²) in [6, 6.07) is 25.1. The molecule has 0 saturated carbocycles. The van der Waals surface area contributed by atoms with Crippen LogP contribution in [0.5, 0.6) is 11.5 Å². The topological polar surface area (TPSA) is 34.1 Å². The Morgan fingerprint density at radius 2 is 1.84 bits per heavy atom. The second-order valence-electron chi connectivity index (χ2n) is 8.29. The fourth-order valence-corrected chi connectivity index (χ4v) is 4.73. The van der Waals surface area contributed by atoms with E-state index >= 15 is 0 Å². The predicted molar refractivity (Wildman–Crippen MR) is 131 cm³/mol. The molecule has 2 heterocycles. The zero-order valence-corrected chi connectivity index (χ0v) is 19.8. The van der Waals surface area contributed by atoms with E-state index < -0.39 is 0 Å². The molecule has 5 rings (SSSR count). The van der Waals surface area contributed by atoms with Gasteiger partial charge in [-0.15, -0.1) is 0 Å². The number of fused-ring (bicyclic) bond motifs is 3. The SMILES string of the molecule is CCCCCOc1ccc([C@H]2Oc3ccc(Br)cc3[C@@H]3CC(c4ccccc4)=NN23)cc1. The standard InChI is InChI=1S/C27H27BrN2O2/c1-2-3-7-16-31-22-13-10-20(11-14-22)27-30-25(23-17-21(28)12-15-26(23)32-27)18-24(29-30)19-8-5-4-6-9-19/h4-6,8-15,17,25,27H,2-3,7,16,18H2,1H3/t25-,27+/m0/s1. The van der Waals surface area contributed by atoms with E-state index in [1.165, 1.54) is 18.4 Å². The Bertz CT molecular complexity index is 1100. The lowest BCUT2D eigenvalue weighted by molar-refractivity contribution is -0.0191. The molecule has 0 fully saturated rings. The molecule has 3 aromatic carbocycles. The molecule has 5 heteroatoms. The minimum atomic E-state index is -0.274. The summed E-state index contributed by atoms with van der Waals surface area (Å²) in [5, 5.41) is 7.16. The number of hydrogen-bond donors (Lipinski definition) is 0. The molecule has 0 aliphatic carbocycles. The van der Waals surface area contributed by atoms with E-state index in [9.17, 15) is 0 Å². The first-order chi connectivity index (χ1) is 15.7. The van der Waals surface area contributed by atoms with Crippen LogP contribution in [0.15, 0.2) is 82.4 Å². The van der Waals surface area contributed by atoms with Gasteiger partial charge in [0.25, 0.3) is 0 Å². The summed E-state index contributed by atoms with van der Waals surface area (Å²) in [7, 11) is 0. The summed E-state index contributed by atoms with van der Waals surface area (Å²) in [5.41, 5.74) is 4.49. The van der Waals surface area contributed by atoms with Crippen LogP contribution in [0, 0.1) is 0 Å². The smallest absolute Gasteiger partial charge is 0.213 e. The van der Waals surface area contributed by atoms with Crippen molar-refractivity contribution in [3.63, 3.8) is 0 Å². The Balaban J connectivity index is 1.44. The van der Waals surface area contributed by atoms with Gasteiger partial charge in [-0.05, 0) is 54.4 Å². The Hall–Kier alpha value is -2.79. The van der Waals surface area contributed by atoms with Crippen molar-refractivity contribution in [1.29, 1.82) is 0 Å². The number of halogens is 1. The molecular formula is C27H27BrN2O2. The number of hydrogen-bond acceptors (Lipinski definition) is 4. The van der Waals surface area contributed by atoms with Crippen molar-refractivity contribution in [3.05, 3.63) is 94.0 Å². The van der Waals surface area contributed by atoms with Gasteiger partial charge in [0, 0.05) is 22.0 Å². The summed E-state index contributed by atoms with van der Waals surface area (Å²) in [6.07, 6.45) is 4.06. The molecule has 0 N–H and O–H groups in total. The fourth-order valence-electron chi connectivity index (χ4n) is 4.35. The van der Waals surface area contributed by atoms with Gasteiger partial charge in [-0.1, -0.05) is 66.0 Å². The van der Waals surface area contributed by atoms with Crippen molar-refractivity contribution in [2.75, 3.05) is 6.61 Å². The van der Waals surface area contributed by atoms with Gasteiger partial charge in [0.2, 0.25) is 6.23 Å². The summed E-state index contributed by atoms with van der Waals surface area (Å²) < 4.78 is 13.4. The molecule has 32 heavy (non-hydrogen) atoms. The maximum atomic E-state index is 6.48. The van der Waals surface area contributed by atoms with Gasteiger partial charge in [-0.3, -0.25) is 0 Å². The van der Waals surface area contributed by atoms with Crippen molar-refractivity contribution >= 4 is 21.6 Å². The molecule has 0 radical (unpaired) electrons. The average Bonchev–Trinajstić information content (AvgIpc) is 3.28. The van der Waals surface area contributed by atoms with Crippen LogP contribution in [0.4, 0.5) is 0 Å². The van der Waals surface area contributed by atoms with Crippen LogP contribution in [0.3, 0.4) is 0 Å². The molecule has 0 aromatic heterocycles. The Kier molecular flexibility index (Phi) is 6.17. The molecule has 2 atom stereocenters. The van der Waals surface area contributed by atoms with Gasteiger partial charge in [0.05, 0.1) is 18.4 Å². The number of ether oxygens (including phenoxy) is 2. The monoisotopic (exact) mass is 490 g/mol. The second-order valence-corrected chi connectivity index (χ2v) is 9.21. The van der Waals surface area contributed by atoms with Crippen LogP contribution < -0.4 is 9.47 Å². The van der Waals surface area contributed by atoms with Gasteiger partial charge >= 0.3 is 0 Å². The van der Waals surface area contributed by atoms with E-state index in [0.29, 0.717) is 0 Å². The summed E-state index contributed by atoms with van der Waals surface area (Å²) in [6.45, 7) is 2.96. The van der Waals surface area contributed by atoms with Gasteiger partial charge in [-0.25, -0.2) is 5.01 Å². The number of benzene rings is 3. The molecular weight excluding hydrogens is 464 g/mol. The maximum absolute atomic E-state index is 6.48. The predicted octanol–water partition coefficient (Wildman–Crippen LogP) is 7.26. The van der Waals surface area contributed by atoms with Gasteiger partial charge in [-0.2, -0.15) is 5.10 Å². The Morgan fingerprint density at radius 1 is 1.03 bits per heavy atom. The number of nitrogens with zero attached hydrogens (tertiary/aromatic N) is 2. The molecule has 4 nitrogen and oxygen atoms in total. The third-order valence-corrected chi connectivity index (χ3v) is 6.53. The third kappa shape index (κ3) is 4.26. The van der Waals surface area contributed by atoms with Gasteiger partial charge < -0.3 is 9.47 Å². The van der Waals surface area contributed by atoms with Crippen LogP contribution >= 0.6 is 15.9 Å². The number of unbranched alkanes of at least 4 members (excludes halogenated alkanes) is 2. The van der Waals surface area contributed by atoms with Crippen LogP contribution in [-0.4, -0.2) is 17.3 Å². The Labute approximate surface area is 198 Å². The highest BCUT2D eigenvalue weighted by atomic mass is 79.9. The number of hydrazone groups is 1. The first-order valence-corrected chi connectivity index (χ1v) is 12.1. The molecule has 0 bridgehead atoms. The molecule has 0 amide bonds. The van der Waals surface area contributed by atoms with E-state index in [2.05, 4.69) is 76.4 Å². The highest BCUT2D eigenvalue weighted by molar-refractivity contribution is 9.10. The zero-order valence-electron chi connectivity index (χ0n) is 18.2. The second kappa shape index (κ2) is 9.37. The van der Waals surface area contributed by atoms with Crippen LogP contribution in [-0.2, 0) is 0 Å². The molecule has 0 saturated heterocycles. The molecule has 2 aliphatic rings. The van der Waals surface area contributed by atoms with Crippen molar-refractivity contribution in [2.24, 2.45) is 5.10 Å². The van der Waals surface area contributed by atoms with Crippen molar-refractivity contribution in [3.8, 4) is 11.5 Å². The highest BCUT2D eigenvalue weighted by Gasteiger charge is 2.41. The summed E-state index contributed by atoms with van der Waals surface area (Å²) in [5.74, 6) is 1.82. The van der Waals surface area contributed by atoms with E-state index in [0.717, 1.165) is 52.3 Å². The quantitative estimate of drug-likeness (QED) is 0.326. The maximum Gasteiger partial charge on any atom is 0.213 e. The average molecular weight is 491 g/mol. The Morgan fingerprint density at radius 3 is 2.62 bits per heavy atom. The van der Waals surface area contributed by atoms with Crippen molar-refractivity contribution < 1.29 is 9.47 Å². The fraction of sp³-hybridized carbons (Fsp3) is 0.296. The molecule has 164 valence electrons. The first kappa shape index (κ1) is 21.1. The minimum absolute atomic E-state index is 0.140. The van der Waals surface area contributed by atoms with E-state index in [1.807, 2.05) is 24.3 Å². The lowest BCUT2D eigenvalue weighted by atomic mass is 9.96. The minimum Gasteiger partial charge on any atom is -0.494 e. The lowest BCUT2D eigenvalue weighted by Crippen LogP contribution is -2.33. The lowest BCUT2D eigenvalue weighted by Gasteiger charge is -2.38. The highest BCUT2D eigenvalue weighted by Crippen LogP contribution is 2.48.